The molecule has 0 saturated heterocycles. The molecule has 18 rings (SSSR count). The van der Waals surface area contributed by atoms with Gasteiger partial charge in [0.15, 0.2) is 0 Å². The van der Waals surface area contributed by atoms with E-state index < -0.39 is 0 Å². The monoisotopic (exact) mass is 1120 g/mol. The first-order valence-corrected chi connectivity index (χ1v) is 29.3. The van der Waals surface area contributed by atoms with Crippen LogP contribution in [0.4, 0.5) is 0 Å². The van der Waals surface area contributed by atoms with Crippen LogP contribution >= 0.6 is 0 Å². The predicted octanol–water partition coefficient (Wildman–Crippen LogP) is 18.8. The zero-order valence-corrected chi connectivity index (χ0v) is 46.9. The van der Waals surface area contributed by atoms with Gasteiger partial charge in [-0.15, -0.1) is 0 Å². The maximum absolute atomic E-state index is 5.32. The van der Waals surface area contributed by atoms with Gasteiger partial charge < -0.3 is 0 Å². The molecule has 18 aromatic rings. The summed E-state index contributed by atoms with van der Waals surface area (Å²) in [6.07, 6.45) is 7.46. The number of pyridine rings is 10. The average molecular weight is 1120 g/mol. The number of rotatable bonds is 7. The first-order chi connectivity index (χ1) is 43.6. The van der Waals surface area contributed by atoms with Crippen molar-refractivity contribution in [1.29, 1.82) is 0 Å². The summed E-state index contributed by atoms with van der Waals surface area (Å²) in [7, 11) is 0. The molecule has 0 bridgehead atoms. The molecule has 0 saturated carbocycles. The fraction of sp³-hybridized carbons (Fsp3) is 0. The molecule has 0 aliphatic rings. The van der Waals surface area contributed by atoms with Gasteiger partial charge in [0.25, 0.3) is 0 Å². The Labute approximate surface area is 502 Å². The first kappa shape index (κ1) is 49.3. The second kappa shape index (κ2) is 19.7. The molecular weight excluding hydrogens is 1080 g/mol. The summed E-state index contributed by atoms with van der Waals surface area (Å²) < 4.78 is 0. The SMILES string of the molecule is c1ccc(-c2c3ccccc3nc3c2ccc2ccc(-c4ccc(-c5ccc6ccc7c(-c8ccc(-c9c%10ccccc%10nc%10c9ccc9ccc(-c%11ccc(-c%12ccc%13ccc%14cccnc%14c%13n%12)nc%11)nc9%10)cc8)ccnc7c6n5)cn4)nc23)cc1. The molecule has 10 heteroatoms. The summed E-state index contributed by atoms with van der Waals surface area (Å²) in [5.41, 5.74) is 21.8. The van der Waals surface area contributed by atoms with Crippen molar-refractivity contribution >= 4 is 109 Å². The molecule has 0 atom stereocenters. The topological polar surface area (TPSA) is 129 Å². The molecular formula is C78H44N10. The van der Waals surface area contributed by atoms with Crippen LogP contribution < -0.4 is 0 Å². The third kappa shape index (κ3) is 8.04. The minimum atomic E-state index is 0.764. The normalized spacial score (nSPS) is 11.9. The lowest BCUT2D eigenvalue weighted by Gasteiger charge is -2.14. The van der Waals surface area contributed by atoms with Gasteiger partial charge in [-0.2, -0.15) is 0 Å². The molecule has 0 fully saturated rings. The van der Waals surface area contributed by atoms with Crippen LogP contribution in [-0.2, 0) is 0 Å². The highest BCUT2D eigenvalue weighted by molar-refractivity contribution is 6.18. The van der Waals surface area contributed by atoms with E-state index in [4.69, 9.17) is 44.9 Å². The van der Waals surface area contributed by atoms with Crippen LogP contribution in [0, 0.1) is 0 Å². The second-order valence-corrected chi connectivity index (χ2v) is 22.3. The van der Waals surface area contributed by atoms with E-state index in [0.29, 0.717) is 0 Å². The largest absolute Gasteiger partial charge is 0.254 e. The molecule has 0 radical (unpaired) electrons. The van der Waals surface area contributed by atoms with Gasteiger partial charge in [0.2, 0.25) is 0 Å². The maximum atomic E-state index is 5.32. The lowest BCUT2D eigenvalue weighted by Crippen LogP contribution is -1.94. The highest BCUT2D eigenvalue weighted by Gasteiger charge is 2.19. The van der Waals surface area contributed by atoms with E-state index in [1.165, 1.54) is 0 Å². The fourth-order valence-electron chi connectivity index (χ4n) is 12.9. The van der Waals surface area contributed by atoms with E-state index in [9.17, 15) is 0 Å². The highest BCUT2D eigenvalue weighted by Crippen LogP contribution is 2.42. The quantitative estimate of drug-likeness (QED) is 0.112. The van der Waals surface area contributed by atoms with Crippen LogP contribution in [-0.4, -0.2) is 49.8 Å². The standard InChI is InChI=1S/C78H44N10/c1-2-9-46(10-3-1)69-57-12-4-6-14-63(57)86-78-59(69)32-24-52-28-39-68(88-75(52)78)66-37-29-53(43-82-66)61-34-25-50-22-31-56-55(40-42-80-76(56)73(50)83-61)45-16-18-47(19-17-45)70-58-13-5-7-15-64(58)85-77-60(70)33-23-51-26-35-62(84-74(51)77)54-30-36-65(81-44-54)67-38-27-49-21-20-48-11-8-41-79-71(48)72(49)87-67/h1-44H. The third-order valence-electron chi connectivity index (χ3n) is 17.2. The molecule has 10 aromatic heterocycles. The van der Waals surface area contributed by atoms with Crippen molar-refractivity contribution in [2.45, 2.75) is 0 Å². The molecule has 88 heavy (non-hydrogen) atoms. The van der Waals surface area contributed by atoms with Crippen molar-refractivity contribution in [2.24, 2.45) is 0 Å². The van der Waals surface area contributed by atoms with E-state index in [2.05, 4.69) is 205 Å². The van der Waals surface area contributed by atoms with Gasteiger partial charge in [-0.3, -0.25) is 19.9 Å². The Morgan fingerprint density at radius 1 is 0.193 bits per heavy atom. The van der Waals surface area contributed by atoms with Gasteiger partial charge in [-0.25, -0.2) is 29.9 Å². The van der Waals surface area contributed by atoms with Crippen molar-refractivity contribution in [3.05, 3.63) is 267 Å². The minimum absolute atomic E-state index is 0.764. The highest BCUT2D eigenvalue weighted by atomic mass is 14.8. The van der Waals surface area contributed by atoms with E-state index in [1.54, 1.807) is 0 Å². The van der Waals surface area contributed by atoms with Crippen molar-refractivity contribution in [2.75, 3.05) is 0 Å². The fourth-order valence-corrected chi connectivity index (χ4v) is 12.9. The van der Waals surface area contributed by atoms with E-state index in [1.807, 2.05) is 67.3 Å². The molecule has 0 unspecified atom stereocenters. The molecule has 10 heterocycles. The van der Waals surface area contributed by atoms with Crippen molar-refractivity contribution in [3.8, 4) is 78.7 Å². The Morgan fingerprint density at radius 3 is 1.16 bits per heavy atom. The van der Waals surface area contributed by atoms with E-state index in [-0.39, 0.29) is 0 Å². The third-order valence-corrected chi connectivity index (χ3v) is 17.2. The summed E-state index contributed by atoms with van der Waals surface area (Å²) in [5, 5.41) is 10.4. The minimum Gasteiger partial charge on any atom is -0.254 e. The molecule has 0 aliphatic carbocycles. The number of hydrogen-bond acceptors (Lipinski definition) is 10. The van der Waals surface area contributed by atoms with E-state index >= 15 is 0 Å². The van der Waals surface area contributed by atoms with Crippen LogP contribution in [0.3, 0.4) is 0 Å². The number of para-hydroxylation sites is 2. The molecule has 0 amide bonds. The Bertz CT molecular complexity index is 5920. The first-order valence-electron chi connectivity index (χ1n) is 29.3. The van der Waals surface area contributed by atoms with Crippen molar-refractivity contribution < 1.29 is 0 Å². The number of fused-ring (bicyclic) bond motifs is 14. The lowest BCUT2D eigenvalue weighted by molar-refractivity contribution is 1.26. The van der Waals surface area contributed by atoms with Crippen LogP contribution in [0.1, 0.15) is 0 Å². The van der Waals surface area contributed by atoms with Gasteiger partial charge >= 0.3 is 0 Å². The van der Waals surface area contributed by atoms with Crippen molar-refractivity contribution in [1.82, 2.24) is 49.8 Å². The molecule has 10 nitrogen and oxygen atoms in total. The van der Waals surface area contributed by atoms with Gasteiger partial charge in [0.05, 0.1) is 89.3 Å². The summed E-state index contributed by atoms with van der Waals surface area (Å²) in [6.45, 7) is 0. The zero-order valence-electron chi connectivity index (χ0n) is 46.9. The number of hydrogen-bond donors (Lipinski definition) is 0. The Balaban J connectivity index is 0.660. The number of nitrogens with zero attached hydrogens (tertiary/aromatic N) is 10. The molecule has 406 valence electrons. The molecule has 8 aromatic carbocycles. The van der Waals surface area contributed by atoms with Gasteiger partial charge in [-0.1, -0.05) is 170 Å². The summed E-state index contributed by atoms with van der Waals surface area (Å²) in [6, 6.07) is 84.1. The average Bonchev–Trinajstić information content (AvgIpc) is 3.62. The smallest absolute Gasteiger partial charge is 0.0978 e. The van der Waals surface area contributed by atoms with Crippen LogP contribution in [0.5, 0.6) is 0 Å². The predicted molar refractivity (Wildman–Crippen MR) is 358 cm³/mol. The number of aromatic nitrogens is 10. The zero-order chi connectivity index (χ0) is 57.8. The summed E-state index contributed by atoms with van der Waals surface area (Å²) >= 11 is 0. The van der Waals surface area contributed by atoms with Crippen LogP contribution in [0.25, 0.3) is 188 Å². The van der Waals surface area contributed by atoms with Gasteiger partial charge in [0.1, 0.15) is 0 Å². The maximum Gasteiger partial charge on any atom is 0.0978 e. The second-order valence-electron chi connectivity index (χ2n) is 22.3. The van der Waals surface area contributed by atoms with E-state index in [0.717, 1.165) is 188 Å². The van der Waals surface area contributed by atoms with Crippen LogP contribution in [0.2, 0.25) is 0 Å². The van der Waals surface area contributed by atoms with Gasteiger partial charge in [0, 0.05) is 101 Å². The summed E-state index contributed by atoms with van der Waals surface area (Å²) in [4.78, 5) is 50.9. The van der Waals surface area contributed by atoms with Crippen molar-refractivity contribution in [3.63, 3.8) is 0 Å². The molecule has 0 N–H and O–H groups in total. The molecule has 0 aliphatic heterocycles. The number of benzene rings is 8. The molecule has 0 spiro atoms. The summed E-state index contributed by atoms with van der Waals surface area (Å²) in [5.74, 6) is 0. The van der Waals surface area contributed by atoms with Crippen LogP contribution in [0.15, 0.2) is 267 Å². The Hall–Kier alpha value is -12.1. The Morgan fingerprint density at radius 2 is 0.602 bits per heavy atom. The lowest BCUT2D eigenvalue weighted by atomic mass is 9.93. The van der Waals surface area contributed by atoms with Gasteiger partial charge in [-0.05, 0) is 95.1 Å². The Kier molecular flexibility index (Phi) is 11.1.